The molecule has 0 aliphatic heterocycles. The van der Waals surface area contributed by atoms with Gasteiger partial charge in [0.1, 0.15) is 0 Å². The maximum absolute atomic E-state index is 11.7. The third kappa shape index (κ3) is 4.37. The number of amides is 2. The van der Waals surface area contributed by atoms with E-state index >= 15 is 0 Å². The molecule has 1 unspecified atom stereocenters. The molecule has 0 fully saturated rings. The van der Waals surface area contributed by atoms with Gasteiger partial charge in [0, 0.05) is 16.5 Å². The Labute approximate surface area is 112 Å². The number of nitrogens with one attached hydrogen (secondary N) is 2. The lowest BCUT2D eigenvalue weighted by atomic mass is 10.1. The minimum Gasteiger partial charge on any atom is -0.273 e. The van der Waals surface area contributed by atoms with Crippen LogP contribution in [0.5, 0.6) is 0 Å². The summed E-state index contributed by atoms with van der Waals surface area (Å²) in [4.78, 5) is 23.2. The van der Waals surface area contributed by atoms with Crippen LogP contribution in [0.1, 0.15) is 37.0 Å². The summed E-state index contributed by atoms with van der Waals surface area (Å²) in [6.07, 6.45) is 1.72. The summed E-state index contributed by atoms with van der Waals surface area (Å²) in [5.41, 5.74) is 5.23. The Kier molecular flexibility index (Phi) is 5.65. The first-order valence-corrected chi connectivity index (χ1v) is 6.28. The number of hydrogen-bond donors (Lipinski definition) is 2. The zero-order valence-electron chi connectivity index (χ0n) is 10.5. The number of carbonyl (C=O) groups is 2. The van der Waals surface area contributed by atoms with E-state index in [9.17, 15) is 9.59 Å². The van der Waals surface area contributed by atoms with Crippen molar-refractivity contribution in [2.45, 2.75) is 26.7 Å². The number of benzene rings is 1. The lowest BCUT2D eigenvalue weighted by Crippen LogP contribution is -2.44. The van der Waals surface area contributed by atoms with Gasteiger partial charge >= 0.3 is 0 Å². The van der Waals surface area contributed by atoms with Crippen LogP contribution in [0.3, 0.4) is 0 Å². The van der Waals surface area contributed by atoms with Crippen molar-refractivity contribution >= 4 is 23.4 Å². The number of carbonyl (C=O) groups excluding carboxylic acids is 2. The van der Waals surface area contributed by atoms with E-state index in [4.69, 9.17) is 11.6 Å². The fraction of sp³-hybridized carbons (Fsp3) is 0.385. The summed E-state index contributed by atoms with van der Waals surface area (Å²) in [6, 6.07) is 6.44. The molecule has 0 radical (unpaired) electrons. The normalized spacial score (nSPS) is 11.7. The quantitative estimate of drug-likeness (QED) is 0.825. The van der Waals surface area contributed by atoms with Crippen LogP contribution in [-0.2, 0) is 4.79 Å². The van der Waals surface area contributed by atoms with Gasteiger partial charge in [0.25, 0.3) is 5.91 Å². The van der Waals surface area contributed by atoms with Gasteiger partial charge in [-0.3, -0.25) is 20.4 Å². The van der Waals surface area contributed by atoms with Gasteiger partial charge in [-0.15, -0.1) is 0 Å². The molecular weight excluding hydrogens is 252 g/mol. The summed E-state index contributed by atoms with van der Waals surface area (Å²) in [6.45, 7) is 3.84. The third-order valence-electron chi connectivity index (χ3n) is 2.57. The zero-order valence-corrected chi connectivity index (χ0v) is 11.3. The van der Waals surface area contributed by atoms with E-state index in [0.717, 1.165) is 12.8 Å². The van der Waals surface area contributed by atoms with Crippen molar-refractivity contribution in [3.8, 4) is 0 Å². The Hall–Kier alpha value is -1.55. The van der Waals surface area contributed by atoms with Gasteiger partial charge in [0.05, 0.1) is 0 Å². The average Bonchev–Trinajstić information content (AvgIpc) is 2.36. The number of hydrogen-bond acceptors (Lipinski definition) is 2. The van der Waals surface area contributed by atoms with Crippen molar-refractivity contribution in [3.05, 3.63) is 34.9 Å². The highest BCUT2D eigenvalue weighted by Crippen LogP contribution is 2.09. The van der Waals surface area contributed by atoms with E-state index in [1.807, 2.05) is 13.8 Å². The van der Waals surface area contributed by atoms with Crippen molar-refractivity contribution in [2.24, 2.45) is 5.92 Å². The van der Waals surface area contributed by atoms with E-state index in [1.165, 1.54) is 0 Å². The molecule has 0 aliphatic carbocycles. The molecule has 1 atom stereocenters. The summed E-state index contributed by atoms with van der Waals surface area (Å²) in [5.74, 6) is -0.650. The van der Waals surface area contributed by atoms with Gasteiger partial charge in [-0.2, -0.15) is 0 Å². The highest BCUT2D eigenvalue weighted by Gasteiger charge is 2.12. The molecule has 0 bridgehead atoms. The van der Waals surface area contributed by atoms with E-state index in [0.29, 0.717) is 10.6 Å². The Morgan fingerprint density at radius 3 is 2.39 bits per heavy atom. The van der Waals surface area contributed by atoms with Gasteiger partial charge in [-0.1, -0.05) is 31.9 Å². The Bertz CT molecular complexity index is 418. The zero-order chi connectivity index (χ0) is 13.5. The van der Waals surface area contributed by atoms with Crippen LogP contribution in [0.25, 0.3) is 0 Å². The lowest BCUT2D eigenvalue weighted by Gasteiger charge is -2.11. The van der Waals surface area contributed by atoms with Crippen molar-refractivity contribution in [1.29, 1.82) is 0 Å². The topological polar surface area (TPSA) is 58.2 Å². The smallest absolute Gasteiger partial charge is 0.269 e. The highest BCUT2D eigenvalue weighted by atomic mass is 35.5. The molecule has 4 nitrogen and oxygen atoms in total. The molecule has 0 saturated carbocycles. The predicted octanol–water partition coefficient (Wildman–Crippen LogP) is 2.54. The first kappa shape index (κ1) is 14.5. The molecule has 98 valence electrons. The van der Waals surface area contributed by atoms with Gasteiger partial charge in [0.2, 0.25) is 5.91 Å². The van der Waals surface area contributed by atoms with E-state index in [2.05, 4.69) is 10.9 Å². The molecule has 0 heterocycles. The fourth-order valence-corrected chi connectivity index (χ4v) is 1.61. The molecule has 0 saturated heterocycles. The van der Waals surface area contributed by atoms with Crippen LogP contribution in [0.15, 0.2) is 24.3 Å². The van der Waals surface area contributed by atoms with Crippen molar-refractivity contribution in [1.82, 2.24) is 10.9 Å². The minimum atomic E-state index is -0.358. The molecule has 18 heavy (non-hydrogen) atoms. The number of halogens is 1. The van der Waals surface area contributed by atoms with Crippen LogP contribution in [0.2, 0.25) is 5.02 Å². The molecule has 1 rings (SSSR count). The van der Waals surface area contributed by atoms with Crippen LogP contribution in [-0.4, -0.2) is 11.8 Å². The number of hydrazine groups is 1. The van der Waals surface area contributed by atoms with Crippen molar-refractivity contribution in [3.63, 3.8) is 0 Å². The largest absolute Gasteiger partial charge is 0.273 e. The van der Waals surface area contributed by atoms with Gasteiger partial charge in [0.15, 0.2) is 0 Å². The SMILES string of the molecule is CCCC(C)C(=O)NNC(=O)c1ccc(Cl)cc1. The van der Waals surface area contributed by atoms with Crippen molar-refractivity contribution < 1.29 is 9.59 Å². The molecule has 1 aromatic carbocycles. The maximum Gasteiger partial charge on any atom is 0.269 e. The maximum atomic E-state index is 11.7. The van der Waals surface area contributed by atoms with Crippen LogP contribution in [0, 0.1) is 5.92 Å². The fourth-order valence-electron chi connectivity index (χ4n) is 1.48. The monoisotopic (exact) mass is 268 g/mol. The summed E-state index contributed by atoms with van der Waals surface area (Å²) in [5, 5.41) is 0.562. The Morgan fingerprint density at radius 1 is 1.22 bits per heavy atom. The van der Waals surface area contributed by atoms with E-state index in [-0.39, 0.29) is 17.7 Å². The van der Waals surface area contributed by atoms with Crippen LogP contribution >= 0.6 is 11.6 Å². The average molecular weight is 269 g/mol. The van der Waals surface area contributed by atoms with Gasteiger partial charge in [-0.25, -0.2) is 0 Å². The second kappa shape index (κ2) is 7.01. The second-order valence-electron chi connectivity index (χ2n) is 4.14. The van der Waals surface area contributed by atoms with Crippen molar-refractivity contribution in [2.75, 3.05) is 0 Å². The lowest BCUT2D eigenvalue weighted by molar-refractivity contribution is -0.125. The Morgan fingerprint density at radius 2 is 1.83 bits per heavy atom. The summed E-state index contributed by atoms with van der Waals surface area (Å²) < 4.78 is 0. The standard InChI is InChI=1S/C13H17ClN2O2/c1-3-4-9(2)12(17)15-16-13(18)10-5-7-11(14)8-6-10/h5-9H,3-4H2,1-2H3,(H,15,17)(H,16,18). The third-order valence-corrected chi connectivity index (χ3v) is 2.83. The van der Waals surface area contributed by atoms with Crippen LogP contribution < -0.4 is 10.9 Å². The molecular formula is C13H17ClN2O2. The van der Waals surface area contributed by atoms with E-state index < -0.39 is 0 Å². The number of rotatable bonds is 4. The van der Waals surface area contributed by atoms with Crippen LogP contribution in [0.4, 0.5) is 0 Å². The predicted molar refractivity (Wildman–Crippen MR) is 71.1 cm³/mol. The molecule has 5 heteroatoms. The molecule has 2 amide bonds. The molecule has 2 N–H and O–H groups in total. The molecule has 0 aromatic heterocycles. The molecule has 0 aliphatic rings. The summed E-state index contributed by atoms with van der Waals surface area (Å²) in [7, 11) is 0. The van der Waals surface area contributed by atoms with Gasteiger partial charge < -0.3 is 0 Å². The Balaban J connectivity index is 2.46. The first-order valence-electron chi connectivity index (χ1n) is 5.90. The highest BCUT2D eigenvalue weighted by molar-refractivity contribution is 6.30. The molecule has 1 aromatic rings. The second-order valence-corrected chi connectivity index (χ2v) is 4.58. The molecule has 0 spiro atoms. The first-order chi connectivity index (χ1) is 8.54. The van der Waals surface area contributed by atoms with Gasteiger partial charge in [-0.05, 0) is 30.7 Å². The minimum absolute atomic E-state index is 0.111. The summed E-state index contributed by atoms with van der Waals surface area (Å²) >= 11 is 5.72. The van der Waals surface area contributed by atoms with E-state index in [1.54, 1.807) is 24.3 Å².